The largest absolute Gasteiger partial charge is 0.480 e. The summed E-state index contributed by atoms with van der Waals surface area (Å²) in [6.45, 7) is 0.865. The van der Waals surface area contributed by atoms with Gasteiger partial charge in [0.1, 0.15) is 12.9 Å². The quantitative estimate of drug-likeness (QED) is 0.149. The zero-order valence-corrected chi connectivity index (χ0v) is 22.8. The third kappa shape index (κ3) is 7.58. The van der Waals surface area contributed by atoms with E-state index >= 15 is 0 Å². The zero-order valence-electron chi connectivity index (χ0n) is 21.1. The molecule has 2 fully saturated rings. The average Bonchev–Trinajstić information content (AvgIpc) is 3.74. The van der Waals surface area contributed by atoms with E-state index in [1.54, 1.807) is 18.2 Å². The van der Waals surface area contributed by atoms with Crippen LogP contribution in [0.25, 0.3) is 10.8 Å². The fourth-order valence-electron chi connectivity index (χ4n) is 4.48. The second kappa shape index (κ2) is 13.1. The van der Waals surface area contributed by atoms with Crippen molar-refractivity contribution in [2.75, 3.05) is 32.8 Å². The number of hydrogen-bond donors (Lipinski definition) is 3. The molecule has 1 aliphatic heterocycles. The maximum Gasteiger partial charge on any atom is 0.323 e. The number of nitrogens with two attached hydrogens (primary N) is 1. The monoisotopic (exact) mass is 581 g/mol. The predicted octanol–water partition coefficient (Wildman–Crippen LogP) is 0.589. The standard InChI is InChI=1S/C25H31N5O7S.ClH/c26-28-16-29-9-10-37-20(14-29)13-27-23(31)12-22(25(34)30(15-24(32)33)19-6-7-19)38(35,36)21-8-5-17-3-1-2-4-18(17)11-21;/h1-5,8,11,16,19-20,22H,6-7,9-10,12-15,26H2,(H,27,31)(H,32,33);1H/t20?,22-;/m0./s1. The van der Waals surface area contributed by atoms with Crippen LogP contribution >= 0.6 is 12.4 Å². The second-order valence-electron chi connectivity index (χ2n) is 9.39. The van der Waals surface area contributed by atoms with E-state index in [1.165, 1.54) is 18.5 Å². The highest BCUT2D eigenvalue weighted by atomic mass is 35.5. The van der Waals surface area contributed by atoms with Gasteiger partial charge in [-0.25, -0.2) is 8.42 Å². The van der Waals surface area contributed by atoms with Crippen LogP contribution in [0.5, 0.6) is 0 Å². The number of ether oxygens (including phenoxy) is 1. The van der Waals surface area contributed by atoms with Gasteiger partial charge in [0, 0.05) is 25.7 Å². The summed E-state index contributed by atoms with van der Waals surface area (Å²) in [5, 5.41) is 15.2. The lowest BCUT2D eigenvalue weighted by molar-refractivity contribution is -0.145. The van der Waals surface area contributed by atoms with E-state index < -0.39 is 45.8 Å². The molecule has 4 rings (SSSR count). The number of morpholine rings is 1. The summed E-state index contributed by atoms with van der Waals surface area (Å²) in [4.78, 5) is 40.7. The molecule has 0 bridgehead atoms. The van der Waals surface area contributed by atoms with Gasteiger partial charge in [0.05, 0.1) is 24.0 Å². The third-order valence-electron chi connectivity index (χ3n) is 6.57. The number of hydrazone groups is 1. The Labute approximate surface area is 232 Å². The molecule has 1 heterocycles. The summed E-state index contributed by atoms with van der Waals surface area (Å²) in [5.41, 5.74) is 0. The van der Waals surface area contributed by atoms with Crippen molar-refractivity contribution in [1.29, 1.82) is 0 Å². The Balaban J connectivity index is 0.00000420. The van der Waals surface area contributed by atoms with Crippen molar-refractivity contribution >= 4 is 57.1 Å². The molecule has 12 nitrogen and oxygen atoms in total. The number of hydrogen-bond acceptors (Lipinski definition) is 8. The van der Waals surface area contributed by atoms with Gasteiger partial charge < -0.3 is 30.8 Å². The Morgan fingerprint density at radius 2 is 1.92 bits per heavy atom. The highest BCUT2D eigenvalue weighted by molar-refractivity contribution is 7.92. The number of halogens is 1. The number of benzene rings is 2. The van der Waals surface area contributed by atoms with E-state index in [0.717, 1.165) is 10.3 Å². The minimum absolute atomic E-state index is 0. The molecule has 1 aliphatic carbocycles. The molecule has 14 heteroatoms. The van der Waals surface area contributed by atoms with Crippen LogP contribution in [-0.2, 0) is 29.0 Å². The summed E-state index contributed by atoms with van der Waals surface area (Å²) in [5.74, 6) is 2.39. The third-order valence-corrected chi connectivity index (χ3v) is 8.60. The lowest BCUT2D eigenvalue weighted by atomic mass is 10.1. The lowest BCUT2D eigenvalue weighted by Crippen LogP contribution is -2.50. The Morgan fingerprint density at radius 1 is 1.21 bits per heavy atom. The normalized spacial score (nSPS) is 18.4. The SMILES string of the molecule is Cl.NN=CN1CCOC(CNC(=O)C[C@@H](C(=O)N(CC(=O)O)C2CC2)S(=O)(=O)c2ccc3ccccc3c2)C1. The number of carboxylic acids is 1. The number of carbonyl (C=O) groups excluding carboxylic acids is 2. The molecule has 212 valence electrons. The van der Waals surface area contributed by atoms with Gasteiger partial charge in [-0.05, 0) is 35.7 Å². The van der Waals surface area contributed by atoms with Crippen molar-refractivity contribution in [2.24, 2.45) is 10.9 Å². The van der Waals surface area contributed by atoms with Gasteiger partial charge in [-0.3, -0.25) is 14.4 Å². The average molecular weight is 582 g/mol. The van der Waals surface area contributed by atoms with Crippen molar-refractivity contribution in [2.45, 2.75) is 41.6 Å². The smallest absolute Gasteiger partial charge is 0.323 e. The molecule has 0 spiro atoms. The molecule has 1 saturated carbocycles. The van der Waals surface area contributed by atoms with Gasteiger partial charge in [0.2, 0.25) is 11.8 Å². The van der Waals surface area contributed by atoms with E-state index in [4.69, 9.17) is 10.6 Å². The molecule has 2 amide bonds. The van der Waals surface area contributed by atoms with Crippen molar-refractivity contribution < 1.29 is 32.6 Å². The topological polar surface area (TPSA) is 172 Å². The molecule has 2 atom stereocenters. The molecule has 0 aromatic heterocycles. The summed E-state index contributed by atoms with van der Waals surface area (Å²) >= 11 is 0. The molecule has 1 unspecified atom stereocenters. The number of fused-ring (bicyclic) bond motifs is 1. The predicted molar refractivity (Wildman–Crippen MR) is 146 cm³/mol. The zero-order chi connectivity index (χ0) is 27.3. The number of aliphatic carboxylic acids is 1. The Hall–Kier alpha value is -3.42. The number of amides is 2. The molecule has 2 aromatic rings. The molecule has 2 aromatic carbocycles. The van der Waals surface area contributed by atoms with Gasteiger partial charge in [0.25, 0.3) is 0 Å². The first-order valence-electron chi connectivity index (χ1n) is 12.3. The number of nitrogens with one attached hydrogen (secondary N) is 1. The van der Waals surface area contributed by atoms with E-state index in [9.17, 15) is 27.9 Å². The fraction of sp³-hybridized carbons (Fsp3) is 0.440. The van der Waals surface area contributed by atoms with Gasteiger partial charge in [-0.15, -0.1) is 12.4 Å². The van der Waals surface area contributed by atoms with E-state index in [0.29, 0.717) is 37.9 Å². The lowest BCUT2D eigenvalue weighted by Gasteiger charge is -2.31. The van der Waals surface area contributed by atoms with Crippen molar-refractivity contribution in [3.63, 3.8) is 0 Å². The van der Waals surface area contributed by atoms with Crippen LogP contribution in [0.1, 0.15) is 19.3 Å². The van der Waals surface area contributed by atoms with Crippen LogP contribution in [0.15, 0.2) is 52.5 Å². The van der Waals surface area contributed by atoms with Crippen molar-refractivity contribution in [3.05, 3.63) is 42.5 Å². The molecule has 0 radical (unpaired) electrons. The van der Waals surface area contributed by atoms with Gasteiger partial charge in [-0.1, -0.05) is 30.3 Å². The Kier molecular flexibility index (Phi) is 10.1. The first-order valence-corrected chi connectivity index (χ1v) is 13.8. The van der Waals surface area contributed by atoms with Crippen LogP contribution in [0.2, 0.25) is 0 Å². The van der Waals surface area contributed by atoms with Crippen LogP contribution in [0.3, 0.4) is 0 Å². The van der Waals surface area contributed by atoms with Crippen molar-refractivity contribution in [1.82, 2.24) is 15.1 Å². The van der Waals surface area contributed by atoms with E-state index in [1.807, 2.05) is 17.0 Å². The summed E-state index contributed by atoms with van der Waals surface area (Å²) < 4.78 is 33.2. The first kappa shape index (κ1) is 30.1. The van der Waals surface area contributed by atoms with Crippen LogP contribution in [0.4, 0.5) is 0 Å². The number of rotatable bonds is 11. The molecule has 1 saturated heterocycles. The van der Waals surface area contributed by atoms with E-state index in [2.05, 4.69) is 10.4 Å². The summed E-state index contributed by atoms with van der Waals surface area (Å²) in [6.07, 6.45) is 1.59. The number of carboxylic acid groups (broad SMARTS) is 1. The van der Waals surface area contributed by atoms with Crippen LogP contribution < -0.4 is 11.2 Å². The molecule has 2 aliphatic rings. The first-order chi connectivity index (χ1) is 18.2. The molecule has 4 N–H and O–H groups in total. The minimum Gasteiger partial charge on any atom is -0.480 e. The Bertz CT molecular complexity index is 1340. The molecular formula is C25H32ClN5O7S. The summed E-state index contributed by atoms with van der Waals surface area (Å²) in [7, 11) is -4.35. The van der Waals surface area contributed by atoms with Gasteiger partial charge in [0.15, 0.2) is 15.1 Å². The number of sulfone groups is 1. The van der Waals surface area contributed by atoms with Crippen molar-refractivity contribution in [3.8, 4) is 0 Å². The highest BCUT2D eigenvalue weighted by Crippen LogP contribution is 2.30. The summed E-state index contributed by atoms with van der Waals surface area (Å²) in [6, 6.07) is 11.3. The van der Waals surface area contributed by atoms with Gasteiger partial charge in [-0.2, -0.15) is 5.10 Å². The maximum absolute atomic E-state index is 13.8. The maximum atomic E-state index is 13.8. The highest BCUT2D eigenvalue weighted by Gasteiger charge is 2.43. The minimum atomic E-state index is -4.35. The number of nitrogens with zero attached hydrogens (tertiary/aromatic N) is 3. The second-order valence-corrected chi connectivity index (χ2v) is 11.5. The number of carbonyl (C=O) groups is 3. The van der Waals surface area contributed by atoms with Gasteiger partial charge >= 0.3 is 5.97 Å². The van der Waals surface area contributed by atoms with Crippen LogP contribution in [0, 0.1) is 0 Å². The Morgan fingerprint density at radius 3 is 2.59 bits per heavy atom. The van der Waals surface area contributed by atoms with E-state index in [-0.39, 0.29) is 36.0 Å². The molecule has 39 heavy (non-hydrogen) atoms. The molecular weight excluding hydrogens is 550 g/mol. The fourth-order valence-corrected chi connectivity index (χ4v) is 6.12. The van der Waals surface area contributed by atoms with Crippen LogP contribution in [-0.4, -0.2) is 97.6 Å².